The molecule has 0 bridgehead atoms. The maximum Gasteiger partial charge on any atom is 0.0703 e. The third-order valence-electron chi connectivity index (χ3n) is 3.18. The predicted octanol–water partition coefficient (Wildman–Crippen LogP) is 2.42. The molecule has 0 radical (unpaired) electrons. The van der Waals surface area contributed by atoms with Crippen molar-refractivity contribution < 1.29 is 9.84 Å². The van der Waals surface area contributed by atoms with E-state index in [-0.39, 0.29) is 6.10 Å². The fourth-order valence-corrected chi connectivity index (χ4v) is 3.38. The van der Waals surface area contributed by atoms with E-state index in [2.05, 4.69) is 24.0 Å². The Morgan fingerprint density at radius 3 is 2.94 bits per heavy atom. The zero-order valence-electron chi connectivity index (χ0n) is 11.3. The van der Waals surface area contributed by atoms with E-state index in [1.165, 1.54) is 16.2 Å². The number of hydrogen-bond donors (Lipinski definition) is 1. The van der Waals surface area contributed by atoms with Crippen LogP contribution in [0.3, 0.4) is 0 Å². The van der Waals surface area contributed by atoms with Gasteiger partial charge in [0.1, 0.15) is 0 Å². The standard InChI is InChI=1S/C14H23NO2S/c1-11(16)8-15(9-13-4-3-7-17-13)10-14-6-5-12(2)18-14/h5-6,11,13,16H,3-4,7-10H2,1-2H3. The van der Waals surface area contributed by atoms with Crippen LogP contribution in [0, 0.1) is 6.92 Å². The van der Waals surface area contributed by atoms with Gasteiger partial charge in [0.15, 0.2) is 0 Å². The van der Waals surface area contributed by atoms with E-state index in [9.17, 15) is 5.11 Å². The molecular weight excluding hydrogens is 246 g/mol. The molecule has 2 heterocycles. The molecule has 1 aromatic rings. The fraction of sp³-hybridized carbons (Fsp3) is 0.714. The molecule has 1 fully saturated rings. The van der Waals surface area contributed by atoms with Gasteiger partial charge < -0.3 is 9.84 Å². The number of aryl methyl sites for hydroxylation is 1. The smallest absolute Gasteiger partial charge is 0.0703 e. The van der Waals surface area contributed by atoms with Crippen LogP contribution in [-0.4, -0.2) is 41.9 Å². The Morgan fingerprint density at radius 2 is 2.39 bits per heavy atom. The second-order valence-electron chi connectivity index (χ2n) is 5.19. The number of rotatable bonds is 6. The first kappa shape index (κ1) is 14.0. The Bertz CT molecular complexity index is 358. The summed E-state index contributed by atoms with van der Waals surface area (Å²) in [6.07, 6.45) is 2.39. The average Bonchev–Trinajstić information content (AvgIpc) is 2.89. The Labute approximate surface area is 113 Å². The van der Waals surface area contributed by atoms with Crippen molar-refractivity contribution in [1.29, 1.82) is 0 Å². The second-order valence-corrected chi connectivity index (χ2v) is 6.56. The summed E-state index contributed by atoms with van der Waals surface area (Å²) in [4.78, 5) is 5.02. The van der Waals surface area contributed by atoms with Gasteiger partial charge in [0.05, 0.1) is 12.2 Å². The van der Waals surface area contributed by atoms with Crippen molar-refractivity contribution >= 4 is 11.3 Å². The van der Waals surface area contributed by atoms with Crippen molar-refractivity contribution in [3.8, 4) is 0 Å². The van der Waals surface area contributed by atoms with Gasteiger partial charge in [-0.3, -0.25) is 4.90 Å². The van der Waals surface area contributed by atoms with Crippen LogP contribution in [-0.2, 0) is 11.3 Å². The highest BCUT2D eigenvalue weighted by Crippen LogP contribution is 2.19. The molecule has 1 saturated heterocycles. The van der Waals surface area contributed by atoms with Gasteiger partial charge in [-0.1, -0.05) is 0 Å². The molecule has 2 atom stereocenters. The lowest BCUT2D eigenvalue weighted by Crippen LogP contribution is -2.36. The van der Waals surface area contributed by atoms with Gasteiger partial charge in [-0.2, -0.15) is 0 Å². The average molecular weight is 269 g/mol. The molecular formula is C14H23NO2S. The zero-order valence-corrected chi connectivity index (χ0v) is 12.1. The molecule has 0 spiro atoms. The molecule has 2 unspecified atom stereocenters. The van der Waals surface area contributed by atoms with Gasteiger partial charge in [-0.05, 0) is 38.8 Å². The minimum atomic E-state index is -0.285. The molecule has 4 heteroatoms. The first-order valence-corrected chi connectivity index (χ1v) is 7.52. The number of aliphatic hydroxyl groups excluding tert-OH is 1. The number of aliphatic hydroxyl groups is 1. The molecule has 1 aliphatic heterocycles. The van der Waals surface area contributed by atoms with Gasteiger partial charge in [0, 0.05) is 36.0 Å². The minimum Gasteiger partial charge on any atom is -0.392 e. The second kappa shape index (κ2) is 6.66. The number of hydrogen-bond acceptors (Lipinski definition) is 4. The van der Waals surface area contributed by atoms with E-state index in [1.807, 2.05) is 18.3 Å². The van der Waals surface area contributed by atoms with Crippen molar-refractivity contribution in [2.24, 2.45) is 0 Å². The Balaban J connectivity index is 1.91. The molecule has 1 N–H and O–H groups in total. The van der Waals surface area contributed by atoms with E-state index >= 15 is 0 Å². The summed E-state index contributed by atoms with van der Waals surface area (Å²) in [5.74, 6) is 0. The van der Waals surface area contributed by atoms with E-state index in [4.69, 9.17) is 4.74 Å². The molecule has 18 heavy (non-hydrogen) atoms. The maximum atomic E-state index is 9.60. The Kier molecular flexibility index (Phi) is 5.18. The summed E-state index contributed by atoms with van der Waals surface area (Å²) in [5, 5.41) is 9.60. The molecule has 2 rings (SSSR count). The van der Waals surface area contributed by atoms with E-state index in [1.54, 1.807) is 0 Å². The van der Waals surface area contributed by atoms with Crippen LogP contribution in [0.4, 0.5) is 0 Å². The van der Waals surface area contributed by atoms with Crippen LogP contribution >= 0.6 is 11.3 Å². The first-order chi connectivity index (χ1) is 8.63. The third kappa shape index (κ3) is 4.35. The summed E-state index contributed by atoms with van der Waals surface area (Å²) in [6.45, 7) is 7.45. The van der Waals surface area contributed by atoms with Gasteiger partial charge >= 0.3 is 0 Å². The summed E-state index contributed by atoms with van der Waals surface area (Å²) in [7, 11) is 0. The van der Waals surface area contributed by atoms with Crippen LogP contribution < -0.4 is 0 Å². The van der Waals surface area contributed by atoms with Crippen LogP contribution in [0.25, 0.3) is 0 Å². The number of ether oxygens (including phenoxy) is 1. The van der Waals surface area contributed by atoms with Gasteiger partial charge in [-0.25, -0.2) is 0 Å². The molecule has 102 valence electrons. The molecule has 0 amide bonds. The zero-order chi connectivity index (χ0) is 13.0. The molecule has 0 aliphatic carbocycles. The lowest BCUT2D eigenvalue weighted by Gasteiger charge is -2.25. The van der Waals surface area contributed by atoms with Crippen LogP contribution in [0.15, 0.2) is 12.1 Å². The normalized spacial score (nSPS) is 21.7. The fourth-order valence-electron chi connectivity index (χ4n) is 2.44. The van der Waals surface area contributed by atoms with E-state index in [0.717, 1.165) is 32.7 Å². The highest BCUT2D eigenvalue weighted by Gasteiger charge is 2.20. The Morgan fingerprint density at radius 1 is 1.56 bits per heavy atom. The third-order valence-corrected chi connectivity index (χ3v) is 4.17. The Hall–Kier alpha value is -0.420. The van der Waals surface area contributed by atoms with Crippen molar-refractivity contribution in [2.45, 2.75) is 45.4 Å². The van der Waals surface area contributed by atoms with Gasteiger partial charge in [0.2, 0.25) is 0 Å². The molecule has 3 nitrogen and oxygen atoms in total. The van der Waals surface area contributed by atoms with Crippen LogP contribution in [0.1, 0.15) is 29.5 Å². The van der Waals surface area contributed by atoms with Crippen molar-refractivity contribution in [1.82, 2.24) is 4.90 Å². The largest absolute Gasteiger partial charge is 0.392 e. The highest BCUT2D eigenvalue weighted by molar-refractivity contribution is 7.11. The SMILES string of the molecule is Cc1ccc(CN(CC(C)O)CC2CCCO2)s1. The van der Waals surface area contributed by atoms with E-state index in [0.29, 0.717) is 6.10 Å². The summed E-state index contributed by atoms with van der Waals surface area (Å²) >= 11 is 1.84. The number of thiophene rings is 1. The monoisotopic (exact) mass is 269 g/mol. The van der Waals surface area contributed by atoms with Gasteiger partial charge in [0.25, 0.3) is 0 Å². The predicted molar refractivity (Wildman–Crippen MR) is 75.0 cm³/mol. The van der Waals surface area contributed by atoms with Gasteiger partial charge in [-0.15, -0.1) is 11.3 Å². The van der Waals surface area contributed by atoms with Crippen LogP contribution in [0.2, 0.25) is 0 Å². The molecule has 0 saturated carbocycles. The first-order valence-electron chi connectivity index (χ1n) is 6.71. The van der Waals surface area contributed by atoms with Crippen molar-refractivity contribution in [3.05, 3.63) is 21.9 Å². The number of nitrogens with zero attached hydrogens (tertiary/aromatic N) is 1. The lowest BCUT2D eigenvalue weighted by atomic mass is 10.2. The van der Waals surface area contributed by atoms with Crippen LogP contribution in [0.5, 0.6) is 0 Å². The van der Waals surface area contributed by atoms with E-state index < -0.39 is 0 Å². The topological polar surface area (TPSA) is 32.7 Å². The lowest BCUT2D eigenvalue weighted by molar-refractivity contribution is 0.0508. The molecule has 0 aromatic carbocycles. The molecule has 1 aliphatic rings. The summed E-state index contributed by atoms with van der Waals surface area (Å²) in [6, 6.07) is 4.34. The minimum absolute atomic E-state index is 0.285. The summed E-state index contributed by atoms with van der Waals surface area (Å²) in [5.41, 5.74) is 0. The van der Waals surface area contributed by atoms with Crippen molar-refractivity contribution in [3.63, 3.8) is 0 Å². The quantitative estimate of drug-likeness (QED) is 0.861. The maximum absolute atomic E-state index is 9.60. The highest BCUT2D eigenvalue weighted by atomic mass is 32.1. The molecule has 1 aromatic heterocycles. The van der Waals surface area contributed by atoms with Crippen molar-refractivity contribution in [2.75, 3.05) is 19.7 Å². The summed E-state index contributed by atoms with van der Waals surface area (Å²) < 4.78 is 5.69.